The van der Waals surface area contributed by atoms with Gasteiger partial charge in [-0.2, -0.15) is 8.42 Å². The van der Waals surface area contributed by atoms with Crippen molar-refractivity contribution < 1.29 is 17.5 Å². The van der Waals surface area contributed by atoms with Crippen molar-refractivity contribution in [1.29, 1.82) is 0 Å². The predicted molar refractivity (Wildman–Crippen MR) is 89.2 cm³/mol. The summed E-state index contributed by atoms with van der Waals surface area (Å²) in [6, 6.07) is 15.6. The number of benzene rings is 1. The molecule has 0 saturated carbocycles. The Labute approximate surface area is 138 Å². The highest BCUT2D eigenvalue weighted by Crippen LogP contribution is 2.18. The molecule has 3 aromatic rings. The van der Waals surface area contributed by atoms with Crippen molar-refractivity contribution >= 4 is 22.0 Å². The maximum absolute atomic E-state index is 8.74. The Bertz CT molecular complexity index is 866. The molecule has 24 heavy (non-hydrogen) atoms. The average molecular weight is 346 g/mol. The number of nitrogens with zero attached hydrogens (tertiary/aromatic N) is 3. The van der Waals surface area contributed by atoms with Gasteiger partial charge in [0.2, 0.25) is 5.95 Å². The highest BCUT2D eigenvalue weighted by atomic mass is 32.3. The monoisotopic (exact) mass is 346 g/mol. The van der Waals surface area contributed by atoms with Crippen molar-refractivity contribution in [2.75, 3.05) is 5.32 Å². The Kier molecular flexibility index (Phi) is 5.90. The summed E-state index contributed by atoms with van der Waals surface area (Å²) >= 11 is 0. The summed E-state index contributed by atoms with van der Waals surface area (Å²) in [5.74, 6) is 0.584. The minimum absolute atomic E-state index is 0.584. The molecule has 0 amide bonds. The Hall–Kier alpha value is -2.88. The van der Waals surface area contributed by atoms with Gasteiger partial charge in [0.15, 0.2) is 0 Å². The Morgan fingerprint density at radius 1 is 0.875 bits per heavy atom. The van der Waals surface area contributed by atoms with Crippen molar-refractivity contribution in [3.63, 3.8) is 0 Å². The second-order valence-electron chi connectivity index (χ2n) is 4.44. The number of aromatic nitrogens is 3. The van der Waals surface area contributed by atoms with Crippen LogP contribution in [0.2, 0.25) is 0 Å². The van der Waals surface area contributed by atoms with Crippen LogP contribution < -0.4 is 5.32 Å². The normalized spacial score (nSPS) is 10.4. The minimum atomic E-state index is -4.67. The summed E-state index contributed by atoms with van der Waals surface area (Å²) in [4.78, 5) is 12.7. The van der Waals surface area contributed by atoms with Gasteiger partial charge in [-0.15, -0.1) is 0 Å². The molecule has 0 unspecified atom stereocenters. The van der Waals surface area contributed by atoms with Gasteiger partial charge in [-0.3, -0.25) is 14.1 Å². The first-order valence-electron chi connectivity index (χ1n) is 6.67. The van der Waals surface area contributed by atoms with Crippen LogP contribution in [0.25, 0.3) is 11.3 Å². The molecular formula is C15H14N4O4S. The molecule has 0 fully saturated rings. The molecule has 0 bridgehead atoms. The van der Waals surface area contributed by atoms with E-state index in [2.05, 4.69) is 20.3 Å². The van der Waals surface area contributed by atoms with Crippen LogP contribution in [-0.2, 0) is 10.4 Å². The summed E-state index contributed by atoms with van der Waals surface area (Å²) in [6.45, 7) is 0. The van der Waals surface area contributed by atoms with E-state index in [0.717, 1.165) is 16.9 Å². The summed E-state index contributed by atoms with van der Waals surface area (Å²) < 4.78 is 31.6. The topological polar surface area (TPSA) is 125 Å². The number of pyridine rings is 1. The Morgan fingerprint density at radius 3 is 2.12 bits per heavy atom. The Morgan fingerprint density at radius 2 is 1.50 bits per heavy atom. The number of nitrogens with one attached hydrogen (secondary N) is 1. The molecular weight excluding hydrogens is 332 g/mol. The lowest BCUT2D eigenvalue weighted by Gasteiger charge is -2.06. The molecule has 0 spiro atoms. The molecule has 124 valence electrons. The van der Waals surface area contributed by atoms with E-state index >= 15 is 0 Å². The number of para-hydroxylation sites is 1. The van der Waals surface area contributed by atoms with Gasteiger partial charge in [0, 0.05) is 29.8 Å². The molecule has 2 aromatic heterocycles. The lowest BCUT2D eigenvalue weighted by molar-refractivity contribution is 0.381. The number of hydrogen-bond donors (Lipinski definition) is 3. The number of anilines is 2. The molecule has 0 aliphatic heterocycles. The molecule has 3 N–H and O–H groups in total. The van der Waals surface area contributed by atoms with Gasteiger partial charge in [0.05, 0.1) is 5.69 Å². The van der Waals surface area contributed by atoms with E-state index in [1.165, 1.54) is 0 Å². The molecule has 3 rings (SSSR count). The highest BCUT2D eigenvalue weighted by Gasteiger charge is 2.02. The summed E-state index contributed by atoms with van der Waals surface area (Å²) in [6.07, 6.45) is 5.25. The van der Waals surface area contributed by atoms with E-state index in [0.29, 0.717) is 5.95 Å². The van der Waals surface area contributed by atoms with Crippen LogP contribution in [0.4, 0.5) is 11.6 Å². The van der Waals surface area contributed by atoms with Gasteiger partial charge in [0.1, 0.15) is 0 Å². The van der Waals surface area contributed by atoms with Crippen LogP contribution in [0.1, 0.15) is 0 Å². The number of rotatable bonds is 3. The number of hydrogen-bond acceptors (Lipinski definition) is 6. The summed E-state index contributed by atoms with van der Waals surface area (Å²) in [5.41, 5.74) is 2.86. The van der Waals surface area contributed by atoms with E-state index in [4.69, 9.17) is 17.5 Å². The minimum Gasteiger partial charge on any atom is -0.324 e. The molecule has 9 heteroatoms. The largest absolute Gasteiger partial charge is 0.394 e. The fraction of sp³-hybridized carbons (Fsp3) is 0. The van der Waals surface area contributed by atoms with Crippen LogP contribution in [-0.4, -0.2) is 32.5 Å². The molecule has 8 nitrogen and oxygen atoms in total. The van der Waals surface area contributed by atoms with Crippen LogP contribution in [0.5, 0.6) is 0 Å². The van der Waals surface area contributed by atoms with Crippen LogP contribution >= 0.6 is 0 Å². The zero-order valence-electron chi connectivity index (χ0n) is 12.3. The van der Waals surface area contributed by atoms with Crippen molar-refractivity contribution in [1.82, 2.24) is 15.0 Å². The first kappa shape index (κ1) is 17.5. The smallest absolute Gasteiger partial charge is 0.324 e. The SMILES string of the molecule is O=S(=O)(O)O.c1ccc(Nc2nccc(-c3ccncc3)n2)cc1. The predicted octanol–water partition coefficient (Wildman–Crippen LogP) is 2.63. The second kappa shape index (κ2) is 8.11. The molecule has 2 heterocycles. The van der Waals surface area contributed by atoms with Gasteiger partial charge in [-0.25, -0.2) is 9.97 Å². The van der Waals surface area contributed by atoms with Gasteiger partial charge in [0.25, 0.3) is 0 Å². The van der Waals surface area contributed by atoms with Gasteiger partial charge in [-0.1, -0.05) is 18.2 Å². The van der Waals surface area contributed by atoms with E-state index < -0.39 is 10.4 Å². The molecule has 0 aliphatic rings. The van der Waals surface area contributed by atoms with Gasteiger partial charge in [-0.05, 0) is 30.3 Å². The van der Waals surface area contributed by atoms with Crippen LogP contribution in [0.15, 0.2) is 67.1 Å². The Balaban J connectivity index is 0.000000368. The standard InChI is InChI=1S/C15H12N4.H2O4S/c1-2-4-13(5-3-1)18-15-17-11-8-14(19-15)12-6-9-16-10-7-12;1-5(2,3)4/h1-11H,(H,17,18,19);(H2,1,2,3,4). The third kappa shape index (κ3) is 6.48. The molecule has 0 aliphatic carbocycles. The van der Waals surface area contributed by atoms with Crippen molar-refractivity contribution in [3.05, 3.63) is 67.1 Å². The lowest BCUT2D eigenvalue weighted by atomic mass is 10.2. The fourth-order valence-corrected chi connectivity index (χ4v) is 1.75. The molecule has 0 radical (unpaired) electrons. The maximum Gasteiger partial charge on any atom is 0.394 e. The van der Waals surface area contributed by atoms with Gasteiger partial charge < -0.3 is 5.32 Å². The summed E-state index contributed by atoms with van der Waals surface area (Å²) in [7, 11) is -4.67. The third-order valence-corrected chi connectivity index (χ3v) is 2.66. The lowest BCUT2D eigenvalue weighted by Crippen LogP contribution is -1.97. The van der Waals surface area contributed by atoms with Crippen molar-refractivity contribution in [2.24, 2.45) is 0 Å². The fourth-order valence-electron chi connectivity index (χ4n) is 1.75. The van der Waals surface area contributed by atoms with E-state index in [1.807, 2.05) is 48.5 Å². The average Bonchev–Trinajstić information content (AvgIpc) is 2.55. The molecule has 1 aromatic carbocycles. The van der Waals surface area contributed by atoms with E-state index in [9.17, 15) is 0 Å². The molecule has 0 saturated heterocycles. The summed E-state index contributed by atoms with van der Waals surface area (Å²) in [5, 5.41) is 3.18. The quantitative estimate of drug-likeness (QED) is 0.618. The maximum atomic E-state index is 8.74. The van der Waals surface area contributed by atoms with Crippen molar-refractivity contribution in [2.45, 2.75) is 0 Å². The van der Waals surface area contributed by atoms with Crippen LogP contribution in [0, 0.1) is 0 Å². The third-order valence-electron chi connectivity index (χ3n) is 2.66. The van der Waals surface area contributed by atoms with Gasteiger partial charge >= 0.3 is 10.4 Å². The van der Waals surface area contributed by atoms with E-state index in [1.54, 1.807) is 18.6 Å². The highest BCUT2D eigenvalue weighted by molar-refractivity contribution is 7.79. The van der Waals surface area contributed by atoms with Crippen LogP contribution in [0.3, 0.4) is 0 Å². The first-order valence-corrected chi connectivity index (χ1v) is 8.07. The first-order chi connectivity index (χ1) is 11.4. The zero-order valence-corrected chi connectivity index (χ0v) is 13.1. The zero-order chi connectivity index (χ0) is 17.4. The van der Waals surface area contributed by atoms with Crippen molar-refractivity contribution in [3.8, 4) is 11.3 Å². The molecule has 0 atom stereocenters. The van der Waals surface area contributed by atoms with E-state index in [-0.39, 0.29) is 0 Å². The second-order valence-corrected chi connectivity index (χ2v) is 5.34.